The van der Waals surface area contributed by atoms with Crippen LogP contribution in [0, 0.1) is 5.92 Å². The number of nitrogens with zero attached hydrogens (tertiary/aromatic N) is 2. The molecule has 2 rings (SSSR count). The summed E-state index contributed by atoms with van der Waals surface area (Å²) < 4.78 is 33.3. The van der Waals surface area contributed by atoms with Gasteiger partial charge in [-0.05, 0) is 25.7 Å². The first-order chi connectivity index (χ1) is 9.87. The second-order valence-electron chi connectivity index (χ2n) is 5.73. The maximum absolute atomic E-state index is 12.7. The van der Waals surface area contributed by atoms with E-state index in [4.69, 9.17) is 4.74 Å². The molecule has 1 N–H and O–H groups in total. The van der Waals surface area contributed by atoms with E-state index in [-0.39, 0.29) is 13.2 Å². The molecule has 0 unspecified atom stereocenters. The maximum Gasteiger partial charge on any atom is 0.324 e. The Balaban J connectivity index is 2.16. The number of aliphatic carboxylic acids is 1. The maximum atomic E-state index is 12.7. The molecule has 0 amide bonds. The average molecular weight is 320 g/mol. The van der Waals surface area contributed by atoms with Crippen LogP contribution in [0.5, 0.6) is 0 Å². The van der Waals surface area contributed by atoms with Crippen LogP contribution < -0.4 is 0 Å². The largest absolute Gasteiger partial charge is 0.480 e. The average Bonchev–Trinajstić information content (AvgIpc) is 2.46. The fraction of sp³-hybridized carbons (Fsp3) is 0.923. The van der Waals surface area contributed by atoms with Crippen molar-refractivity contribution < 1.29 is 23.1 Å². The third-order valence-electron chi connectivity index (χ3n) is 4.47. The van der Waals surface area contributed by atoms with Crippen LogP contribution in [0.15, 0.2) is 0 Å². The van der Waals surface area contributed by atoms with E-state index in [2.05, 4.69) is 6.92 Å². The minimum atomic E-state index is -3.74. The van der Waals surface area contributed by atoms with Gasteiger partial charge in [-0.2, -0.15) is 17.0 Å². The van der Waals surface area contributed by atoms with Crippen LogP contribution >= 0.6 is 0 Å². The van der Waals surface area contributed by atoms with Gasteiger partial charge in [0, 0.05) is 19.6 Å². The molecule has 2 heterocycles. The molecule has 0 spiro atoms. The Hall–Kier alpha value is -0.700. The Bertz CT molecular complexity index is 473. The zero-order valence-corrected chi connectivity index (χ0v) is 13.4. The van der Waals surface area contributed by atoms with Crippen LogP contribution in [0.3, 0.4) is 0 Å². The van der Waals surface area contributed by atoms with Gasteiger partial charge in [0.15, 0.2) is 0 Å². The Labute approximate surface area is 126 Å². The van der Waals surface area contributed by atoms with Crippen molar-refractivity contribution in [2.24, 2.45) is 5.92 Å². The number of piperidine rings is 1. The zero-order valence-electron chi connectivity index (χ0n) is 12.6. The molecule has 0 aromatic heterocycles. The lowest BCUT2D eigenvalue weighted by Gasteiger charge is -2.40. The molecule has 0 aromatic carbocycles. The summed E-state index contributed by atoms with van der Waals surface area (Å²) in [6.07, 6.45) is 2.10. The van der Waals surface area contributed by atoms with E-state index in [1.165, 1.54) is 4.31 Å². The lowest BCUT2D eigenvalue weighted by atomic mass is 9.96. The molecule has 8 heteroatoms. The van der Waals surface area contributed by atoms with Crippen molar-refractivity contribution in [1.82, 2.24) is 8.61 Å². The number of hydrogen-bond donors (Lipinski definition) is 1. The van der Waals surface area contributed by atoms with Crippen LogP contribution in [0.4, 0.5) is 0 Å². The number of rotatable bonds is 4. The van der Waals surface area contributed by atoms with E-state index in [9.17, 15) is 18.3 Å². The molecule has 0 radical (unpaired) electrons. The highest BCUT2D eigenvalue weighted by Gasteiger charge is 2.44. The van der Waals surface area contributed by atoms with Crippen LogP contribution in [-0.2, 0) is 19.7 Å². The van der Waals surface area contributed by atoms with Gasteiger partial charge >= 0.3 is 5.97 Å². The predicted octanol–water partition coefficient (Wildman–Crippen LogP) is 0.527. The van der Waals surface area contributed by atoms with Crippen molar-refractivity contribution in [3.8, 4) is 0 Å². The smallest absolute Gasteiger partial charge is 0.324 e. The molecule has 0 bridgehead atoms. The van der Waals surface area contributed by atoms with Gasteiger partial charge in [0.25, 0.3) is 10.2 Å². The summed E-state index contributed by atoms with van der Waals surface area (Å²) in [5, 5.41) is 9.32. The lowest BCUT2D eigenvalue weighted by molar-refractivity contribution is -0.150. The molecule has 2 aliphatic heterocycles. The first-order valence-electron chi connectivity index (χ1n) is 7.49. The summed E-state index contributed by atoms with van der Waals surface area (Å²) in [7, 11) is -3.74. The molecule has 2 saturated heterocycles. The SMILES string of the molecule is CCC1CCN(S(=O)(=O)N2CCO[C@H](C)[C@H]2C(=O)O)CC1. The topological polar surface area (TPSA) is 87.2 Å². The van der Waals surface area contributed by atoms with E-state index >= 15 is 0 Å². The summed E-state index contributed by atoms with van der Waals surface area (Å²) in [6, 6.07) is -1.15. The van der Waals surface area contributed by atoms with E-state index < -0.39 is 28.3 Å². The summed E-state index contributed by atoms with van der Waals surface area (Å²) in [5.41, 5.74) is 0. The van der Waals surface area contributed by atoms with Gasteiger partial charge in [-0.3, -0.25) is 4.79 Å². The van der Waals surface area contributed by atoms with Crippen LogP contribution in [0.25, 0.3) is 0 Å². The zero-order chi connectivity index (χ0) is 15.6. The molecule has 2 atom stereocenters. The Kier molecular flexibility index (Phi) is 5.24. The van der Waals surface area contributed by atoms with Gasteiger partial charge in [0.05, 0.1) is 12.7 Å². The Morgan fingerprint density at radius 3 is 2.43 bits per heavy atom. The minimum absolute atomic E-state index is 0.0946. The molecule has 0 aromatic rings. The van der Waals surface area contributed by atoms with Crippen molar-refractivity contribution in [2.45, 2.75) is 45.3 Å². The number of ether oxygens (including phenoxy) is 1. The van der Waals surface area contributed by atoms with Gasteiger partial charge in [-0.15, -0.1) is 0 Å². The normalized spacial score (nSPS) is 30.4. The molecular formula is C13H24N2O5S. The van der Waals surface area contributed by atoms with Crippen LogP contribution in [0.1, 0.15) is 33.1 Å². The second-order valence-corrected chi connectivity index (χ2v) is 7.61. The first kappa shape index (κ1) is 16.7. The van der Waals surface area contributed by atoms with Gasteiger partial charge in [-0.1, -0.05) is 13.3 Å². The number of hydrogen-bond acceptors (Lipinski definition) is 4. The summed E-state index contributed by atoms with van der Waals surface area (Å²) in [4.78, 5) is 11.4. The van der Waals surface area contributed by atoms with Crippen molar-refractivity contribution in [2.75, 3.05) is 26.2 Å². The van der Waals surface area contributed by atoms with E-state index in [0.717, 1.165) is 23.6 Å². The monoisotopic (exact) mass is 320 g/mol. The Morgan fingerprint density at radius 2 is 1.90 bits per heavy atom. The van der Waals surface area contributed by atoms with E-state index in [0.29, 0.717) is 19.0 Å². The predicted molar refractivity (Wildman–Crippen MR) is 77.1 cm³/mol. The highest BCUT2D eigenvalue weighted by Crippen LogP contribution is 2.26. The fourth-order valence-corrected chi connectivity index (χ4v) is 4.90. The Morgan fingerprint density at radius 1 is 1.29 bits per heavy atom. The molecule has 21 heavy (non-hydrogen) atoms. The van der Waals surface area contributed by atoms with Crippen molar-refractivity contribution in [1.29, 1.82) is 0 Å². The highest BCUT2D eigenvalue weighted by atomic mass is 32.2. The van der Waals surface area contributed by atoms with Crippen LogP contribution in [0.2, 0.25) is 0 Å². The molecular weight excluding hydrogens is 296 g/mol. The molecule has 0 saturated carbocycles. The molecule has 2 aliphatic rings. The molecule has 122 valence electrons. The standard InChI is InChI=1S/C13H24N2O5S/c1-3-11-4-6-14(7-5-11)21(18,19)15-8-9-20-10(2)12(15)13(16)17/h10-12H,3-9H2,1-2H3,(H,16,17)/t10-,12+/m1/s1. The van der Waals surface area contributed by atoms with Gasteiger partial charge in [0.2, 0.25) is 0 Å². The third-order valence-corrected chi connectivity index (χ3v) is 6.49. The van der Waals surface area contributed by atoms with Crippen molar-refractivity contribution in [3.05, 3.63) is 0 Å². The number of carboxylic acid groups (broad SMARTS) is 1. The first-order valence-corrected chi connectivity index (χ1v) is 8.89. The fourth-order valence-electron chi connectivity index (χ4n) is 3.07. The second kappa shape index (κ2) is 6.60. The molecule has 7 nitrogen and oxygen atoms in total. The quantitative estimate of drug-likeness (QED) is 0.816. The third kappa shape index (κ3) is 3.39. The highest BCUT2D eigenvalue weighted by molar-refractivity contribution is 7.86. The minimum Gasteiger partial charge on any atom is -0.480 e. The lowest BCUT2D eigenvalue weighted by Crippen LogP contribution is -2.60. The van der Waals surface area contributed by atoms with Crippen molar-refractivity contribution in [3.63, 3.8) is 0 Å². The number of carboxylic acids is 1. The van der Waals surface area contributed by atoms with Crippen LogP contribution in [-0.4, -0.2) is 66.5 Å². The van der Waals surface area contributed by atoms with Gasteiger partial charge < -0.3 is 9.84 Å². The van der Waals surface area contributed by atoms with Gasteiger partial charge in [-0.25, -0.2) is 0 Å². The number of morpholine rings is 1. The summed E-state index contributed by atoms with van der Waals surface area (Å²) in [5.74, 6) is -0.593. The summed E-state index contributed by atoms with van der Waals surface area (Å²) in [6.45, 7) is 4.98. The molecule has 2 fully saturated rings. The van der Waals surface area contributed by atoms with E-state index in [1.54, 1.807) is 6.92 Å². The number of carbonyl (C=O) groups is 1. The van der Waals surface area contributed by atoms with Gasteiger partial charge in [0.1, 0.15) is 6.04 Å². The summed E-state index contributed by atoms with van der Waals surface area (Å²) >= 11 is 0. The van der Waals surface area contributed by atoms with Crippen molar-refractivity contribution >= 4 is 16.2 Å². The molecule has 0 aliphatic carbocycles. The van der Waals surface area contributed by atoms with E-state index in [1.807, 2.05) is 0 Å².